The molecule has 5 heterocycles. The van der Waals surface area contributed by atoms with Crippen LogP contribution in [0.15, 0.2) is 67.1 Å². The minimum atomic E-state index is 0.0864. The van der Waals surface area contributed by atoms with Gasteiger partial charge >= 0.3 is 0 Å². The fourth-order valence-corrected chi connectivity index (χ4v) is 5.13. The first-order valence-electron chi connectivity index (χ1n) is 10.6. The van der Waals surface area contributed by atoms with Gasteiger partial charge in [0.2, 0.25) is 0 Å². The highest BCUT2D eigenvalue weighted by Gasteiger charge is 2.16. The SMILES string of the molecule is CC(=O)c1ccc(-c2cccc3[nH]c(-c4n[nH]c5ncc(-c6cnccc6C)cc45)cc23)s1. The fourth-order valence-electron chi connectivity index (χ4n) is 4.19. The standard InChI is InChI=1S/C26H19N5OS/c1-14-8-9-27-13-20(14)16-10-19-25(30-31-26(19)28-12-16)22-11-18-17(4-3-5-21(18)29-22)24-7-6-23(33-24)15(2)32/h3-13,29H,1-2H3,(H,28,30,31). The highest BCUT2D eigenvalue weighted by Crippen LogP contribution is 2.37. The number of carbonyl (C=O) groups excluding carboxylic acids is 1. The number of aromatic amines is 2. The topological polar surface area (TPSA) is 87.3 Å². The summed E-state index contributed by atoms with van der Waals surface area (Å²) in [4.78, 5) is 26.0. The van der Waals surface area contributed by atoms with Crippen molar-refractivity contribution in [3.05, 3.63) is 77.6 Å². The van der Waals surface area contributed by atoms with Crippen molar-refractivity contribution in [2.24, 2.45) is 0 Å². The smallest absolute Gasteiger partial charge is 0.169 e. The predicted octanol–water partition coefficient (Wildman–Crippen LogP) is 6.41. The molecule has 0 amide bonds. The van der Waals surface area contributed by atoms with Crippen LogP contribution in [0.3, 0.4) is 0 Å². The quantitative estimate of drug-likeness (QED) is 0.305. The Bertz CT molecular complexity index is 1670. The maximum atomic E-state index is 11.8. The molecule has 0 unspecified atom stereocenters. The summed E-state index contributed by atoms with van der Waals surface area (Å²) < 4.78 is 0. The molecule has 0 atom stereocenters. The molecule has 6 nitrogen and oxygen atoms in total. The summed E-state index contributed by atoms with van der Waals surface area (Å²) >= 11 is 1.52. The van der Waals surface area contributed by atoms with Gasteiger partial charge in [-0.15, -0.1) is 11.3 Å². The second-order valence-electron chi connectivity index (χ2n) is 8.05. The van der Waals surface area contributed by atoms with Gasteiger partial charge in [-0.1, -0.05) is 12.1 Å². The average molecular weight is 450 g/mol. The van der Waals surface area contributed by atoms with Gasteiger partial charge in [-0.2, -0.15) is 5.10 Å². The van der Waals surface area contributed by atoms with Gasteiger partial charge in [0.1, 0.15) is 5.69 Å². The Labute approximate surface area is 193 Å². The van der Waals surface area contributed by atoms with Crippen molar-refractivity contribution in [3.8, 4) is 33.0 Å². The number of H-pyrrole nitrogens is 2. The van der Waals surface area contributed by atoms with E-state index in [1.807, 2.05) is 36.7 Å². The Morgan fingerprint density at radius 2 is 1.91 bits per heavy atom. The zero-order valence-electron chi connectivity index (χ0n) is 18.0. The number of pyridine rings is 2. The predicted molar refractivity (Wildman–Crippen MR) is 132 cm³/mol. The van der Waals surface area contributed by atoms with Crippen LogP contribution in [0.5, 0.6) is 0 Å². The summed E-state index contributed by atoms with van der Waals surface area (Å²) in [5.41, 5.74) is 7.78. The number of Topliss-reactive ketones (excluding diaryl/α,β-unsaturated/α-hetero) is 1. The number of rotatable bonds is 4. The normalized spacial score (nSPS) is 11.5. The molecule has 5 aromatic heterocycles. The fraction of sp³-hybridized carbons (Fsp3) is 0.0769. The third kappa shape index (κ3) is 3.25. The summed E-state index contributed by atoms with van der Waals surface area (Å²) in [5.74, 6) is 0.0864. The first-order valence-corrected chi connectivity index (χ1v) is 11.4. The van der Waals surface area contributed by atoms with Crippen LogP contribution in [-0.2, 0) is 0 Å². The maximum absolute atomic E-state index is 11.8. The highest BCUT2D eigenvalue weighted by molar-refractivity contribution is 7.17. The van der Waals surface area contributed by atoms with E-state index >= 15 is 0 Å². The Hall–Kier alpha value is -4.10. The largest absolute Gasteiger partial charge is 0.353 e. The molecule has 0 spiro atoms. The molecule has 6 rings (SSSR count). The van der Waals surface area contributed by atoms with E-state index in [0.717, 1.165) is 65.3 Å². The number of nitrogens with zero attached hydrogens (tertiary/aromatic N) is 3. The van der Waals surface area contributed by atoms with Gasteiger partial charge in [0.25, 0.3) is 0 Å². The van der Waals surface area contributed by atoms with Crippen molar-refractivity contribution in [2.45, 2.75) is 13.8 Å². The second-order valence-corrected chi connectivity index (χ2v) is 9.14. The summed E-state index contributed by atoms with van der Waals surface area (Å²) in [6, 6.07) is 16.3. The van der Waals surface area contributed by atoms with Gasteiger partial charge in [-0.05, 0) is 55.8 Å². The van der Waals surface area contributed by atoms with Crippen LogP contribution in [0, 0.1) is 6.92 Å². The number of nitrogens with one attached hydrogen (secondary N) is 2. The molecule has 0 aliphatic carbocycles. The average Bonchev–Trinajstić information content (AvgIpc) is 3.56. The van der Waals surface area contributed by atoms with E-state index < -0.39 is 0 Å². The molecule has 0 saturated heterocycles. The molecule has 33 heavy (non-hydrogen) atoms. The van der Waals surface area contributed by atoms with Crippen molar-refractivity contribution in [1.29, 1.82) is 0 Å². The van der Waals surface area contributed by atoms with Crippen LogP contribution in [0.1, 0.15) is 22.2 Å². The Morgan fingerprint density at radius 1 is 1.00 bits per heavy atom. The minimum Gasteiger partial charge on any atom is -0.353 e. The van der Waals surface area contributed by atoms with E-state index in [0.29, 0.717) is 0 Å². The molecule has 2 N–H and O–H groups in total. The van der Waals surface area contributed by atoms with E-state index in [1.54, 1.807) is 13.1 Å². The van der Waals surface area contributed by atoms with Crippen molar-refractivity contribution < 1.29 is 4.79 Å². The Balaban J connectivity index is 1.49. The third-order valence-corrected chi connectivity index (χ3v) is 7.12. The van der Waals surface area contributed by atoms with E-state index in [2.05, 4.69) is 56.3 Å². The molecule has 0 aliphatic rings. The number of benzene rings is 1. The number of hydrogen-bond acceptors (Lipinski definition) is 5. The summed E-state index contributed by atoms with van der Waals surface area (Å²) in [7, 11) is 0. The molecule has 0 saturated carbocycles. The minimum absolute atomic E-state index is 0.0864. The van der Waals surface area contributed by atoms with Gasteiger partial charge < -0.3 is 4.98 Å². The lowest BCUT2D eigenvalue weighted by Gasteiger charge is -2.04. The number of carbonyl (C=O) groups is 1. The van der Waals surface area contributed by atoms with Gasteiger partial charge in [-0.25, -0.2) is 4.98 Å². The molecule has 0 bridgehead atoms. The Kier molecular flexibility index (Phi) is 4.45. The zero-order valence-corrected chi connectivity index (χ0v) is 18.8. The van der Waals surface area contributed by atoms with Crippen molar-refractivity contribution >= 4 is 39.1 Å². The number of fused-ring (bicyclic) bond motifs is 2. The van der Waals surface area contributed by atoms with Gasteiger partial charge in [0.15, 0.2) is 11.4 Å². The molecule has 7 heteroatoms. The number of thiophene rings is 1. The van der Waals surface area contributed by atoms with Crippen LogP contribution in [-0.4, -0.2) is 30.9 Å². The van der Waals surface area contributed by atoms with E-state index in [9.17, 15) is 4.79 Å². The van der Waals surface area contributed by atoms with Crippen molar-refractivity contribution in [3.63, 3.8) is 0 Å². The highest BCUT2D eigenvalue weighted by atomic mass is 32.1. The first kappa shape index (κ1) is 19.6. The van der Waals surface area contributed by atoms with Crippen molar-refractivity contribution in [1.82, 2.24) is 25.1 Å². The molecule has 6 aromatic rings. The lowest BCUT2D eigenvalue weighted by Crippen LogP contribution is -1.87. The van der Waals surface area contributed by atoms with Gasteiger partial charge in [0.05, 0.1) is 10.6 Å². The van der Waals surface area contributed by atoms with Crippen LogP contribution < -0.4 is 0 Å². The van der Waals surface area contributed by atoms with Crippen LogP contribution >= 0.6 is 11.3 Å². The van der Waals surface area contributed by atoms with Crippen molar-refractivity contribution in [2.75, 3.05) is 0 Å². The number of aromatic nitrogens is 5. The lowest BCUT2D eigenvalue weighted by atomic mass is 10.0. The van der Waals surface area contributed by atoms with Gasteiger partial charge in [-0.3, -0.25) is 14.9 Å². The third-order valence-electron chi connectivity index (χ3n) is 5.90. The van der Waals surface area contributed by atoms with Crippen LogP contribution in [0.25, 0.3) is 54.9 Å². The first-order chi connectivity index (χ1) is 16.1. The number of hydrogen-bond donors (Lipinski definition) is 2. The number of ketones is 1. The summed E-state index contributed by atoms with van der Waals surface area (Å²) in [6.07, 6.45) is 5.51. The van der Waals surface area contributed by atoms with Crippen LogP contribution in [0.2, 0.25) is 0 Å². The van der Waals surface area contributed by atoms with E-state index in [4.69, 9.17) is 0 Å². The molecule has 0 radical (unpaired) electrons. The lowest BCUT2D eigenvalue weighted by molar-refractivity contribution is 0.102. The summed E-state index contributed by atoms with van der Waals surface area (Å²) in [5, 5.41) is 9.66. The van der Waals surface area contributed by atoms with E-state index in [-0.39, 0.29) is 5.78 Å². The second kappa shape index (κ2) is 7.50. The Morgan fingerprint density at radius 3 is 2.73 bits per heavy atom. The van der Waals surface area contributed by atoms with Crippen LogP contribution in [0.4, 0.5) is 0 Å². The maximum Gasteiger partial charge on any atom is 0.169 e. The molecule has 0 fully saturated rings. The molecular formula is C26H19N5OS. The van der Waals surface area contributed by atoms with Gasteiger partial charge in [0, 0.05) is 56.4 Å². The zero-order chi connectivity index (χ0) is 22.5. The molecule has 0 aliphatic heterocycles. The summed E-state index contributed by atoms with van der Waals surface area (Å²) in [6.45, 7) is 3.67. The monoisotopic (exact) mass is 449 g/mol. The molecular weight excluding hydrogens is 430 g/mol. The number of aryl methyl sites for hydroxylation is 1. The molecule has 160 valence electrons. The molecule has 1 aromatic carbocycles. The van der Waals surface area contributed by atoms with E-state index in [1.165, 1.54) is 11.3 Å².